The van der Waals surface area contributed by atoms with E-state index in [4.69, 9.17) is 0 Å². The molecule has 0 aliphatic rings. The summed E-state index contributed by atoms with van der Waals surface area (Å²) < 4.78 is 21.9. The highest BCUT2D eigenvalue weighted by molar-refractivity contribution is 8.00. The Balaban J connectivity index is 3.67. The monoisotopic (exact) mass is 311 g/mol. The number of rotatable bonds is 11. The Kier molecular flexibility index (Phi) is 9.32. The molecule has 1 unspecified atom stereocenters. The maximum Gasteiger partial charge on any atom is 0.148 e. The summed E-state index contributed by atoms with van der Waals surface area (Å²) in [5.74, 6) is 1.93. The van der Waals surface area contributed by atoms with Crippen molar-refractivity contribution in [2.75, 3.05) is 30.1 Å². The molecule has 0 saturated heterocycles. The molecule has 0 aromatic rings. The van der Waals surface area contributed by atoms with Crippen LogP contribution in [0.15, 0.2) is 0 Å². The molecule has 0 aromatic heterocycles. The van der Waals surface area contributed by atoms with Gasteiger partial charge in [0.05, 0.1) is 12.4 Å². The lowest BCUT2D eigenvalue weighted by Crippen LogP contribution is -2.49. The third-order valence-electron chi connectivity index (χ3n) is 2.85. The van der Waals surface area contributed by atoms with Crippen molar-refractivity contribution in [1.29, 1.82) is 0 Å². The van der Waals surface area contributed by atoms with Crippen LogP contribution in [0.4, 0.5) is 0 Å². The largest absolute Gasteiger partial charge is 0.394 e. The van der Waals surface area contributed by atoms with E-state index < -0.39 is 9.84 Å². The summed E-state index contributed by atoms with van der Waals surface area (Å²) in [7, 11) is -2.82. The summed E-state index contributed by atoms with van der Waals surface area (Å²) in [6.45, 7) is 6.35. The second-order valence-electron chi connectivity index (χ2n) is 5.72. The Morgan fingerprint density at radius 1 is 1.26 bits per heavy atom. The number of sulfone groups is 1. The minimum atomic E-state index is -2.82. The van der Waals surface area contributed by atoms with Crippen LogP contribution in [0.5, 0.6) is 0 Å². The Hall–Kier alpha value is 0.220. The van der Waals surface area contributed by atoms with Gasteiger partial charge in [-0.05, 0) is 25.5 Å². The zero-order valence-electron chi connectivity index (χ0n) is 12.6. The molecule has 1 atom stereocenters. The van der Waals surface area contributed by atoms with Crippen molar-refractivity contribution in [3.63, 3.8) is 0 Å². The summed E-state index contributed by atoms with van der Waals surface area (Å²) in [4.78, 5) is 0. The maximum atomic E-state index is 10.9. The Morgan fingerprint density at radius 2 is 1.89 bits per heavy atom. The van der Waals surface area contributed by atoms with Crippen LogP contribution in [0.2, 0.25) is 0 Å². The summed E-state index contributed by atoms with van der Waals surface area (Å²) >= 11 is 1.69. The van der Waals surface area contributed by atoms with Gasteiger partial charge in [-0.2, -0.15) is 11.8 Å². The highest BCUT2D eigenvalue weighted by atomic mass is 32.2. The van der Waals surface area contributed by atoms with Gasteiger partial charge in [-0.15, -0.1) is 0 Å². The van der Waals surface area contributed by atoms with Crippen LogP contribution in [0.3, 0.4) is 0 Å². The normalized spacial score (nSPS) is 15.7. The molecule has 2 N–H and O–H groups in total. The molecule has 0 rings (SSSR count). The van der Waals surface area contributed by atoms with E-state index in [0.717, 1.165) is 25.0 Å². The van der Waals surface area contributed by atoms with Crippen LogP contribution in [-0.4, -0.2) is 55.2 Å². The smallest absolute Gasteiger partial charge is 0.148 e. The van der Waals surface area contributed by atoms with Crippen molar-refractivity contribution in [2.24, 2.45) is 0 Å². The zero-order chi connectivity index (χ0) is 14.9. The van der Waals surface area contributed by atoms with E-state index in [1.165, 1.54) is 6.26 Å². The standard InChI is InChI=1S/C13H29NO3S2/c1-12(2)14-13(3,11-15)7-5-6-8-18-9-10-19(4,16)17/h12,14-15H,5-11H2,1-4H3. The van der Waals surface area contributed by atoms with Crippen molar-refractivity contribution in [3.05, 3.63) is 0 Å². The predicted octanol–water partition coefficient (Wildman–Crippen LogP) is 1.68. The van der Waals surface area contributed by atoms with Gasteiger partial charge in [0, 0.05) is 23.6 Å². The van der Waals surface area contributed by atoms with E-state index in [9.17, 15) is 13.5 Å². The Morgan fingerprint density at radius 3 is 2.37 bits per heavy atom. The lowest BCUT2D eigenvalue weighted by atomic mass is 9.95. The number of aliphatic hydroxyl groups excluding tert-OH is 1. The van der Waals surface area contributed by atoms with Gasteiger partial charge >= 0.3 is 0 Å². The van der Waals surface area contributed by atoms with Crippen molar-refractivity contribution < 1.29 is 13.5 Å². The molecule has 116 valence electrons. The molecule has 6 heteroatoms. The quantitative estimate of drug-likeness (QED) is 0.568. The lowest BCUT2D eigenvalue weighted by Gasteiger charge is -2.31. The Bertz CT molecular complexity index is 331. The first-order valence-electron chi connectivity index (χ1n) is 6.82. The lowest BCUT2D eigenvalue weighted by molar-refractivity contribution is 0.154. The van der Waals surface area contributed by atoms with E-state index in [-0.39, 0.29) is 17.9 Å². The van der Waals surface area contributed by atoms with Gasteiger partial charge in [0.15, 0.2) is 0 Å². The van der Waals surface area contributed by atoms with Gasteiger partial charge in [0.1, 0.15) is 9.84 Å². The molecule has 0 aliphatic carbocycles. The van der Waals surface area contributed by atoms with Crippen LogP contribution in [0.1, 0.15) is 40.0 Å². The highest BCUT2D eigenvalue weighted by Gasteiger charge is 2.22. The third-order valence-corrected chi connectivity index (χ3v) is 5.13. The van der Waals surface area contributed by atoms with E-state index >= 15 is 0 Å². The molecule has 0 spiro atoms. The van der Waals surface area contributed by atoms with Gasteiger partial charge in [0.25, 0.3) is 0 Å². The maximum absolute atomic E-state index is 10.9. The first kappa shape index (κ1) is 19.2. The average Bonchev–Trinajstić information content (AvgIpc) is 2.25. The van der Waals surface area contributed by atoms with Crippen LogP contribution < -0.4 is 5.32 Å². The molecule has 19 heavy (non-hydrogen) atoms. The van der Waals surface area contributed by atoms with Crippen LogP contribution in [0, 0.1) is 0 Å². The van der Waals surface area contributed by atoms with E-state index in [2.05, 4.69) is 19.2 Å². The number of hydrogen-bond acceptors (Lipinski definition) is 5. The molecule has 0 radical (unpaired) electrons. The zero-order valence-corrected chi connectivity index (χ0v) is 14.2. The molecule has 4 nitrogen and oxygen atoms in total. The fraction of sp³-hybridized carbons (Fsp3) is 1.00. The number of hydrogen-bond donors (Lipinski definition) is 2. The molecular formula is C13H29NO3S2. The second-order valence-corrected chi connectivity index (χ2v) is 9.20. The van der Waals surface area contributed by atoms with Gasteiger partial charge in [-0.1, -0.05) is 20.3 Å². The summed E-state index contributed by atoms with van der Waals surface area (Å²) in [5, 5.41) is 12.8. The van der Waals surface area contributed by atoms with Crippen molar-refractivity contribution in [3.8, 4) is 0 Å². The minimum Gasteiger partial charge on any atom is -0.394 e. The van der Waals surface area contributed by atoms with E-state index in [1.807, 2.05) is 6.92 Å². The molecule has 0 bridgehead atoms. The second kappa shape index (κ2) is 9.21. The fourth-order valence-corrected chi connectivity index (χ4v) is 4.22. The molecule has 0 heterocycles. The van der Waals surface area contributed by atoms with Gasteiger partial charge in [-0.25, -0.2) is 8.42 Å². The number of aliphatic hydroxyl groups is 1. The SMILES string of the molecule is CC(C)NC(C)(CO)CCCCSCCS(C)(=O)=O. The van der Waals surface area contributed by atoms with Crippen LogP contribution in [-0.2, 0) is 9.84 Å². The highest BCUT2D eigenvalue weighted by Crippen LogP contribution is 2.16. The van der Waals surface area contributed by atoms with E-state index in [0.29, 0.717) is 11.8 Å². The van der Waals surface area contributed by atoms with Crippen molar-refractivity contribution >= 4 is 21.6 Å². The molecule has 0 amide bonds. The third kappa shape index (κ3) is 11.7. The number of unbranched alkanes of at least 4 members (excludes halogenated alkanes) is 1. The average molecular weight is 312 g/mol. The first-order chi connectivity index (χ1) is 8.68. The van der Waals surface area contributed by atoms with Crippen LogP contribution >= 0.6 is 11.8 Å². The predicted molar refractivity (Wildman–Crippen MR) is 84.6 cm³/mol. The fourth-order valence-electron chi connectivity index (χ4n) is 1.93. The van der Waals surface area contributed by atoms with Crippen molar-refractivity contribution in [1.82, 2.24) is 5.32 Å². The molecular weight excluding hydrogens is 282 g/mol. The van der Waals surface area contributed by atoms with Gasteiger partial charge in [-0.3, -0.25) is 0 Å². The number of nitrogens with one attached hydrogen (secondary N) is 1. The Labute approximate surface area is 122 Å². The summed E-state index contributed by atoms with van der Waals surface area (Å²) in [6, 6.07) is 0.362. The van der Waals surface area contributed by atoms with Gasteiger partial charge in [0.2, 0.25) is 0 Å². The molecule has 0 saturated carbocycles. The molecule has 0 aromatic carbocycles. The van der Waals surface area contributed by atoms with Crippen molar-refractivity contribution in [2.45, 2.75) is 51.6 Å². The molecule has 0 aliphatic heterocycles. The van der Waals surface area contributed by atoms with Crippen LogP contribution in [0.25, 0.3) is 0 Å². The number of thioether (sulfide) groups is 1. The topological polar surface area (TPSA) is 66.4 Å². The first-order valence-corrected chi connectivity index (χ1v) is 10.0. The summed E-state index contributed by atoms with van der Waals surface area (Å²) in [5.41, 5.74) is -0.203. The minimum absolute atomic E-state index is 0.145. The van der Waals surface area contributed by atoms with Gasteiger partial charge < -0.3 is 10.4 Å². The molecule has 0 fully saturated rings. The van der Waals surface area contributed by atoms with E-state index in [1.54, 1.807) is 11.8 Å². The summed E-state index contributed by atoms with van der Waals surface area (Å²) in [6.07, 6.45) is 4.32.